The first kappa shape index (κ1) is 60.5. The van der Waals surface area contributed by atoms with Crippen LogP contribution in [0, 0.1) is 0 Å². The summed E-state index contributed by atoms with van der Waals surface area (Å²) >= 11 is 0. The van der Waals surface area contributed by atoms with Gasteiger partial charge in [0.1, 0.15) is 6.61 Å². The summed E-state index contributed by atoms with van der Waals surface area (Å²) in [6, 6.07) is 0. The molecule has 2 atom stereocenters. The van der Waals surface area contributed by atoms with Crippen molar-refractivity contribution >= 4 is 19.8 Å². The molecule has 364 valence electrons. The fraction of sp³-hybridized carbons (Fsp3) is 0.736. The maximum atomic E-state index is 12.7. The van der Waals surface area contributed by atoms with Gasteiger partial charge >= 0.3 is 19.8 Å². The highest BCUT2D eigenvalue weighted by Gasteiger charge is 2.26. The van der Waals surface area contributed by atoms with Gasteiger partial charge in [-0.1, -0.05) is 196 Å². The Morgan fingerprint density at radius 2 is 0.873 bits per heavy atom. The monoisotopic (exact) mass is 904 g/mol. The molecule has 0 fully saturated rings. The molecule has 9 nitrogen and oxygen atoms in total. The van der Waals surface area contributed by atoms with Gasteiger partial charge in [-0.15, -0.1) is 0 Å². The van der Waals surface area contributed by atoms with E-state index in [9.17, 15) is 19.0 Å². The van der Waals surface area contributed by atoms with E-state index >= 15 is 0 Å². The second kappa shape index (κ2) is 48.9. The zero-order valence-corrected chi connectivity index (χ0v) is 41.2. The molecule has 0 aliphatic rings. The number of phosphoric ester groups is 1. The Bertz CT molecular complexity index is 1260. The van der Waals surface area contributed by atoms with Gasteiger partial charge in [-0.2, -0.15) is 0 Å². The van der Waals surface area contributed by atoms with Crippen molar-refractivity contribution in [1.82, 2.24) is 0 Å². The highest BCUT2D eigenvalue weighted by Crippen LogP contribution is 2.43. The van der Waals surface area contributed by atoms with Gasteiger partial charge in [-0.3, -0.25) is 18.6 Å². The molecule has 10 heteroatoms. The van der Waals surface area contributed by atoms with E-state index in [1.807, 2.05) is 0 Å². The Labute approximate surface area is 386 Å². The number of carbonyl (C=O) groups excluding carboxylic acids is 2. The summed E-state index contributed by atoms with van der Waals surface area (Å²) in [7, 11) is -4.39. The van der Waals surface area contributed by atoms with Crippen LogP contribution in [0.5, 0.6) is 0 Å². The SMILES string of the molecule is CC/C=C\C/C=C\C/C=C\C/C=C\C/C=C\CCCCCCCCCCCCCC(=O)OC(COC(=O)CCCCCCC/C=C\CCCCCCCC)COP(=O)(O)OCCN. The molecule has 0 aromatic rings. The van der Waals surface area contributed by atoms with Gasteiger partial charge in [0.15, 0.2) is 6.10 Å². The molecule has 0 aliphatic carbocycles. The average molecular weight is 904 g/mol. The molecule has 63 heavy (non-hydrogen) atoms. The van der Waals surface area contributed by atoms with E-state index in [1.54, 1.807) is 0 Å². The number of phosphoric acid groups is 1. The number of allylic oxidation sites excluding steroid dienone is 12. The van der Waals surface area contributed by atoms with Crippen LogP contribution < -0.4 is 5.73 Å². The number of hydrogen-bond acceptors (Lipinski definition) is 8. The van der Waals surface area contributed by atoms with Gasteiger partial charge in [0.05, 0.1) is 13.2 Å². The highest BCUT2D eigenvalue weighted by atomic mass is 31.2. The molecule has 0 aliphatic heterocycles. The summed E-state index contributed by atoms with van der Waals surface area (Å²) in [5, 5.41) is 0. The molecular weight excluding hydrogens is 810 g/mol. The number of carbonyl (C=O) groups is 2. The number of unbranched alkanes of at least 4 members (excludes halogenated alkanes) is 22. The number of hydrogen-bond donors (Lipinski definition) is 2. The van der Waals surface area contributed by atoms with E-state index in [4.69, 9.17) is 24.3 Å². The lowest BCUT2D eigenvalue weighted by Crippen LogP contribution is -2.29. The van der Waals surface area contributed by atoms with Crippen molar-refractivity contribution in [3.63, 3.8) is 0 Å². The fourth-order valence-corrected chi connectivity index (χ4v) is 7.60. The van der Waals surface area contributed by atoms with Crippen LogP contribution in [-0.2, 0) is 32.7 Å². The largest absolute Gasteiger partial charge is 0.472 e. The minimum absolute atomic E-state index is 0.0494. The van der Waals surface area contributed by atoms with Gasteiger partial charge in [0.2, 0.25) is 0 Å². The third kappa shape index (κ3) is 48.7. The van der Waals surface area contributed by atoms with E-state index in [0.717, 1.165) is 96.3 Å². The molecule has 0 saturated carbocycles. The van der Waals surface area contributed by atoms with Gasteiger partial charge < -0.3 is 20.1 Å². The van der Waals surface area contributed by atoms with Gasteiger partial charge in [0, 0.05) is 19.4 Å². The number of rotatable bonds is 47. The predicted molar refractivity (Wildman–Crippen MR) is 266 cm³/mol. The second-order valence-electron chi connectivity index (χ2n) is 16.7. The Morgan fingerprint density at radius 3 is 1.32 bits per heavy atom. The molecule has 0 saturated heterocycles. The quantitative estimate of drug-likeness (QED) is 0.0265. The standard InChI is InChI=1S/C53H94NO8P/c1-3-5-7-9-11-13-15-17-19-20-21-22-23-24-25-26-27-28-29-30-32-34-36-38-40-42-44-46-53(56)62-51(50-61-63(57,58)60-48-47-54)49-59-52(55)45-43-41-39-37-35-33-31-18-16-14-12-10-8-6-4-2/h5,7,11,13,17-19,21-22,24-25,31,51H,3-4,6,8-10,12,14-16,20,23,26-30,32-50,54H2,1-2H3,(H,57,58)/b7-5-,13-11-,19-17-,22-21-,25-24-,31-18-. The molecule has 0 heterocycles. The van der Waals surface area contributed by atoms with Crippen molar-refractivity contribution < 1.29 is 37.6 Å². The van der Waals surface area contributed by atoms with E-state index in [1.165, 1.54) is 89.9 Å². The number of ether oxygens (including phenoxy) is 2. The first-order valence-electron chi connectivity index (χ1n) is 25.4. The van der Waals surface area contributed by atoms with Crippen molar-refractivity contribution in [2.24, 2.45) is 5.73 Å². The van der Waals surface area contributed by atoms with Crippen molar-refractivity contribution in [1.29, 1.82) is 0 Å². The first-order chi connectivity index (χ1) is 30.8. The lowest BCUT2D eigenvalue weighted by Gasteiger charge is -2.19. The highest BCUT2D eigenvalue weighted by molar-refractivity contribution is 7.47. The van der Waals surface area contributed by atoms with Crippen LogP contribution in [0.15, 0.2) is 72.9 Å². The van der Waals surface area contributed by atoms with Crippen LogP contribution in [0.3, 0.4) is 0 Å². The Hall–Kier alpha value is -2.55. The zero-order chi connectivity index (χ0) is 46.0. The molecule has 3 N–H and O–H groups in total. The Balaban J connectivity index is 4.04. The molecule has 0 rings (SSSR count). The van der Waals surface area contributed by atoms with Crippen LogP contribution in [0.1, 0.15) is 219 Å². The average Bonchev–Trinajstić information content (AvgIpc) is 3.27. The van der Waals surface area contributed by atoms with Crippen molar-refractivity contribution in [3.05, 3.63) is 72.9 Å². The molecular formula is C53H94NO8P. The van der Waals surface area contributed by atoms with Crippen LogP contribution >= 0.6 is 7.82 Å². The van der Waals surface area contributed by atoms with E-state index < -0.39 is 32.5 Å². The fourth-order valence-electron chi connectivity index (χ4n) is 6.83. The molecule has 0 bridgehead atoms. The van der Waals surface area contributed by atoms with E-state index in [0.29, 0.717) is 6.42 Å². The Kier molecular flexibility index (Phi) is 46.9. The van der Waals surface area contributed by atoms with Crippen molar-refractivity contribution in [3.8, 4) is 0 Å². The summed E-state index contributed by atoms with van der Waals surface area (Å²) in [4.78, 5) is 35.0. The van der Waals surface area contributed by atoms with Gasteiger partial charge in [0.25, 0.3) is 0 Å². The normalized spacial score (nSPS) is 13.8. The third-order valence-electron chi connectivity index (χ3n) is 10.6. The lowest BCUT2D eigenvalue weighted by atomic mass is 10.0. The Morgan fingerprint density at radius 1 is 0.492 bits per heavy atom. The number of esters is 2. The topological polar surface area (TPSA) is 134 Å². The first-order valence-corrected chi connectivity index (χ1v) is 26.9. The van der Waals surface area contributed by atoms with Crippen molar-refractivity contribution in [2.45, 2.75) is 225 Å². The van der Waals surface area contributed by atoms with Gasteiger partial charge in [-0.05, 0) is 83.5 Å². The third-order valence-corrected chi connectivity index (χ3v) is 11.6. The summed E-state index contributed by atoms with van der Waals surface area (Å²) in [5.41, 5.74) is 5.36. The molecule has 0 aromatic carbocycles. The summed E-state index contributed by atoms with van der Waals surface area (Å²) in [5.74, 6) is -0.841. The number of nitrogens with two attached hydrogens (primary N) is 1. The van der Waals surface area contributed by atoms with E-state index in [2.05, 4.69) is 86.8 Å². The smallest absolute Gasteiger partial charge is 0.462 e. The van der Waals surface area contributed by atoms with Crippen LogP contribution in [0.4, 0.5) is 0 Å². The maximum absolute atomic E-state index is 12.7. The summed E-state index contributed by atoms with van der Waals surface area (Å²) in [6.45, 7) is 3.61. The summed E-state index contributed by atoms with van der Waals surface area (Å²) in [6.07, 6.45) is 60.8. The maximum Gasteiger partial charge on any atom is 0.472 e. The predicted octanol–water partition coefficient (Wildman–Crippen LogP) is 15.4. The van der Waals surface area contributed by atoms with Crippen LogP contribution in [0.2, 0.25) is 0 Å². The molecule has 0 aromatic heterocycles. The van der Waals surface area contributed by atoms with Crippen LogP contribution in [-0.4, -0.2) is 49.3 Å². The second-order valence-corrected chi connectivity index (χ2v) is 18.1. The summed E-state index contributed by atoms with van der Waals surface area (Å²) < 4.78 is 32.9. The molecule has 0 radical (unpaired) electrons. The molecule has 2 unspecified atom stereocenters. The lowest BCUT2D eigenvalue weighted by molar-refractivity contribution is -0.161. The molecule has 0 amide bonds. The van der Waals surface area contributed by atoms with E-state index in [-0.39, 0.29) is 32.6 Å². The minimum Gasteiger partial charge on any atom is -0.462 e. The minimum atomic E-state index is -4.39. The van der Waals surface area contributed by atoms with Gasteiger partial charge in [-0.25, -0.2) is 4.57 Å². The van der Waals surface area contributed by atoms with Crippen molar-refractivity contribution in [2.75, 3.05) is 26.4 Å². The zero-order valence-electron chi connectivity index (χ0n) is 40.3. The van der Waals surface area contributed by atoms with Crippen LogP contribution in [0.25, 0.3) is 0 Å². The molecule has 0 spiro atoms.